The lowest BCUT2D eigenvalue weighted by Gasteiger charge is -2.16. The lowest BCUT2D eigenvalue weighted by atomic mass is 9.98. The van der Waals surface area contributed by atoms with Gasteiger partial charge in [-0.25, -0.2) is 0 Å². The third kappa shape index (κ3) is 5.36. The number of rotatable bonds is 9. The Morgan fingerprint density at radius 3 is 2.50 bits per heavy atom. The fraction of sp³-hybridized carbons (Fsp3) is 0.304. The zero-order valence-electron chi connectivity index (χ0n) is 17.4. The molecule has 0 saturated carbocycles. The van der Waals surface area contributed by atoms with Crippen LogP contribution in [-0.4, -0.2) is 31.4 Å². The molecule has 1 fully saturated rings. The van der Waals surface area contributed by atoms with Crippen LogP contribution in [0.15, 0.2) is 47.4 Å². The molecule has 3 rings (SSSR count). The maximum atomic E-state index is 11.8. The topological polar surface area (TPSA) is 80.6 Å². The minimum Gasteiger partial charge on any atom is -0.493 e. The molecule has 2 aromatic carbocycles. The van der Waals surface area contributed by atoms with Crippen molar-refractivity contribution in [2.24, 2.45) is 0 Å². The Balaban J connectivity index is 1.61. The Morgan fingerprint density at radius 2 is 1.83 bits per heavy atom. The standard InChI is InChI=1S/C23H26N2O4S/c1-4-15(2)17-7-5-6-8-18(17)28-11-12-29-19-10-9-16(13-20(19)27-3)14-21-22(26)25-23(24)30-21/h5-10,13-15H,4,11-12H2,1-3H3,(H2,24,25,26). The first-order valence-corrected chi connectivity index (χ1v) is 10.7. The molecular weight excluding hydrogens is 400 g/mol. The summed E-state index contributed by atoms with van der Waals surface area (Å²) in [5.74, 6) is 2.24. The summed E-state index contributed by atoms with van der Waals surface area (Å²) >= 11 is 1.10. The van der Waals surface area contributed by atoms with E-state index in [2.05, 4.69) is 25.2 Å². The fourth-order valence-electron chi connectivity index (χ4n) is 3.03. The average molecular weight is 427 g/mol. The van der Waals surface area contributed by atoms with E-state index in [1.165, 1.54) is 5.56 Å². The average Bonchev–Trinajstić information content (AvgIpc) is 3.08. The van der Waals surface area contributed by atoms with Crippen LogP contribution in [0.5, 0.6) is 17.2 Å². The summed E-state index contributed by atoms with van der Waals surface area (Å²) in [4.78, 5) is 12.3. The third-order valence-corrected chi connectivity index (χ3v) is 5.64. The molecule has 0 aliphatic carbocycles. The molecule has 1 heterocycles. The van der Waals surface area contributed by atoms with Crippen LogP contribution < -0.4 is 19.5 Å². The van der Waals surface area contributed by atoms with Crippen LogP contribution in [0.25, 0.3) is 6.08 Å². The van der Waals surface area contributed by atoms with E-state index in [1.807, 2.05) is 24.3 Å². The van der Waals surface area contributed by atoms with Crippen LogP contribution in [0.2, 0.25) is 0 Å². The zero-order valence-corrected chi connectivity index (χ0v) is 18.2. The second kappa shape index (κ2) is 10.2. The van der Waals surface area contributed by atoms with Crippen LogP contribution in [0.1, 0.15) is 37.3 Å². The molecule has 6 nitrogen and oxygen atoms in total. The van der Waals surface area contributed by atoms with Crippen molar-refractivity contribution in [1.82, 2.24) is 5.32 Å². The number of hydrogen-bond donors (Lipinski definition) is 2. The molecular formula is C23H26N2O4S. The summed E-state index contributed by atoms with van der Waals surface area (Å²) < 4.78 is 17.2. The van der Waals surface area contributed by atoms with Gasteiger partial charge in [-0.05, 0) is 59.5 Å². The molecule has 1 aliphatic rings. The Labute approximate surface area is 181 Å². The molecule has 1 amide bonds. The fourth-order valence-corrected chi connectivity index (χ4v) is 3.73. The number of para-hydroxylation sites is 1. The minimum atomic E-state index is -0.265. The van der Waals surface area contributed by atoms with Gasteiger partial charge in [-0.2, -0.15) is 0 Å². The Bertz CT molecular complexity index is 958. The smallest absolute Gasteiger partial charge is 0.264 e. The van der Waals surface area contributed by atoms with Crippen molar-refractivity contribution in [1.29, 1.82) is 5.41 Å². The van der Waals surface area contributed by atoms with E-state index < -0.39 is 0 Å². The molecule has 0 aromatic heterocycles. The van der Waals surface area contributed by atoms with Gasteiger partial charge >= 0.3 is 0 Å². The van der Waals surface area contributed by atoms with Crippen LogP contribution in [0.4, 0.5) is 0 Å². The number of thioether (sulfide) groups is 1. The van der Waals surface area contributed by atoms with Crippen molar-refractivity contribution in [3.05, 3.63) is 58.5 Å². The number of carbonyl (C=O) groups is 1. The molecule has 7 heteroatoms. The lowest BCUT2D eigenvalue weighted by Crippen LogP contribution is -2.18. The predicted octanol–water partition coefficient (Wildman–Crippen LogP) is 4.81. The number of methoxy groups -OCH3 is 1. The molecule has 0 radical (unpaired) electrons. The number of carbonyl (C=O) groups excluding carboxylic acids is 1. The second-order valence-electron chi connectivity index (χ2n) is 6.85. The van der Waals surface area contributed by atoms with Gasteiger partial charge in [-0.1, -0.05) is 38.1 Å². The van der Waals surface area contributed by atoms with Crippen LogP contribution >= 0.6 is 11.8 Å². The van der Waals surface area contributed by atoms with Gasteiger partial charge in [0.25, 0.3) is 5.91 Å². The maximum Gasteiger partial charge on any atom is 0.264 e. The van der Waals surface area contributed by atoms with Gasteiger partial charge in [0.05, 0.1) is 12.0 Å². The summed E-state index contributed by atoms with van der Waals surface area (Å²) in [6.07, 6.45) is 2.78. The van der Waals surface area contributed by atoms with E-state index in [4.69, 9.17) is 19.6 Å². The number of amidine groups is 1. The van der Waals surface area contributed by atoms with Crippen molar-refractivity contribution in [2.45, 2.75) is 26.2 Å². The second-order valence-corrected chi connectivity index (χ2v) is 7.90. The summed E-state index contributed by atoms with van der Waals surface area (Å²) in [7, 11) is 1.57. The number of benzene rings is 2. The number of ether oxygens (including phenoxy) is 3. The Morgan fingerprint density at radius 1 is 1.10 bits per heavy atom. The molecule has 1 aliphatic heterocycles. The zero-order chi connectivity index (χ0) is 21.5. The van der Waals surface area contributed by atoms with Gasteiger partial charge in [0, 0.05) is 0 Å². The minimum absolute atomic E-state index is 0.132. The Kier molecular flexibility index (Phi) is 7.41. The maximum absolute atomic E-state index is 11.8. The van der Waals surface area contributed by atoms with Crippen LogP contribution in [-0.2, 0) is 4.79 Å². The highest BCUT2D eigenvalue weighted by Gasteiger charge is 2.22. The van der Waals surface area contributed by atoms with E-state index in [0.717, 1.165) is 29.5 Å². The van der Waals surface area contributed by atoms with Crippen molar-refractivity contribution in [3.63, 3.8) is 0 Å². The van der Waals surface area contributed by atoms with E-state index in [1.54, 1.807) is 25.3 Å². The van der Waals surface area contributed by atoms with E-state index in [-0.39, 0.29) is 11.1 Å². The third-order valence-electron chi connectivity index (χ3n) is 4.81. The van der Waals surface area contributed by atoms with E-state index in [9.17, 15) is 4.79 Å². The van der Waals surface area contributed by atoms with Gasteiger partial charge in [0.2, 0.25) is 0 Å². The molecule has 158 valence electrons. The Hall–Kier alpha value is -2.93. The van der Waals surface area contributed by atoms with E-state index in [0.29, 0.717) is 35.5 Å². The monoisotopic (exact) mass is 426 g/mol. The molecule has 0 spiro atoms. The first kappa shape index (κ1) is 21.8. The van der Waals surface area contributed by atoms with Crippen LogP contribution in [0.3, 0.4) is 0 Å². The van der Waals surface area contributed by atoms with Crippen molar-refractivity contribution in [3.8, 4) is 17.2 Å². The van der Waals surface area contributed by atoms with Gasteiger partial charge < -0.3 is 19.5 Å². The molecule has 2 aromatic rings. The summed E-state index contributed by atoms with van der Waals surface area (Å²) in [5, 5.41) is 10.1. The summed E-state index contributed by atoms with van der Waals surface area (Å²) in [5.41, 5.74) is 2.00. The number of hydrogen-bond acceptors (Lipinski definition) is 6. The van der Waals surface area contributed by atoms with Gasteiger partial charge in [-0.15, -0.1) is 0 Å². The van der Waals surface area contributed by atoms with Gasteiger partial charge in [0.15, 0.2) is 16.7 Å². The number of amides is 1. The van der Waals surface area contributed by atoms with Crippen LogP contribution in [0, 0.1) is 5.41 Å². The highest BCUT2D eigenvalue weighted by Crippen LogP contribution is 2.32. The normalized spacial score (nSPS) is 15.8. The molecule has 2 N–H and O–H groups in total. The molecule has 1 atom stereocenters. The largest absolute Gasteiger partial charge is 0.493 e. The summed E-state index contributed by atoms with van der Waals surface area (Å²) in [6.45, 7) is 5.15. The lowest BCUT2D eigenvalue weighted by molar-refractivity contribution is -0.115. The quantitative estimate of drug-likeness (QED) is 0.444. The SMILES string of the molecule is CCC(C)c1ccccc1OCCOc1ccc(C=C2SC(=N)NC2=O)cc1OC. The van der Waals surface area contributed by atoms with Gasteiger partial charge in [-0.3, -0.25) is 10.2 Å². The molecule has 0 bridgehead atoms. The van der Waals surface area contributed by atoms with Gasteiger partial charge in [0.1, 0.15) is 19.0 Å². The first-order valence-electron chi connectivity index (χ1n) is 9.83. The number of nitrogens with one attached hydrogen (secondary N) is 2. The first-order chi connectivity index (χ1) is 14.5. The molecule has 1 saturated heterocycles. The molecule has 1 unspecified atom stereocenters. The molecule has 30 heavy (non-hydrogen) atoms. The van der Waals surface area contributed by atoms with Crippen molar-refractivity contribution >= 4 is 28.9 Å². The van der Waals surface area contributed by atoms with Crippen molar-refractivity contribution in [2.75, 3.05) is 20.3 Å². The summed E-state index contributed by atoms with van der Waals surface area (Å²) in [6, 6.07) is 13.6. The predicted molar refractivity (Wildman–Crippen MR) is 121 cm³/mol. The van der Waals surface area contributed by atoms with E-state index >= 15 is 0 Å². The van der Waals surface area contributed by atoms with Crippen molar-refractivity contribution < 1.29 is 19.0 Å². The highest BCUT2D eigenvalue weighted by molar-refractivity contribution is 8.18. The highest BCUT2D eigenvalue weighted by atomic mass is 32.2.